The van der Waals surface area contributed by atoms with E-state index in [1.807, 2.05) is 36.4 Å². The molecule has 0 amide bonds. The highest BCUT2D eigenvalue weighted by Crippen LogP contribution is 2.31. The Morgan fingerprint density at radius 2 is 1.62 bits per heavy atom. The summed E-state index contributed by atoms with van der Waals surface area (Å²) in [5, 5.41) is 10.2. The van der Waals surface area contributed by atoms with Crippen molar-refractivity contribution in [3.05, 3.63) is 54.6 Å². The number of ether oxygens (including phenoxy) is 1. The maximum absolute atomic E-state index is 10.2. The van der Waals surface area contributed by atoms with E-state index in [4.69, 9.17) is 4.74 Å². The van der Waals surface area contributed by atoms with Crippen LogP contribution in [0.2, 0.25) is 0 Å². The summed E-state index contributed by atoms with van der Waals surface area (Å²) in [4.78, 5) is 0. The van der Waals surface area contributed by atoms with Gasteiger partial charge in [-0.05, 0) is 30.4 Å². The van der Waals surface area contributed by atoms with Crippen molar-refractivity contribution >= 4 is 0 Å². The van der Waals surface area contributed by atoms with Crippen molar-refractivity contribution < 1.29 is 9.84 Å². The number of hydrogen-bond acceptors (Lipinski definition) is 2. The van der Waals surface area contributed by atoms with Crippen LogP contribution in [0.4, 0.5) is 0 Å². The van der Waals surface area contributed by atoms with Crippen LogP contribution in [0.1, 0.15) is 25.7 Å². The van der Waals surface area contributed by atoms with Gasteiger partial charge in [-0.1, -0.05) is 61.4 Å². The van der Waals surface area contributed by atoms with Gasteiger partial charge in [-0.2, -0.15) is 0 Å². The van der Waals surface area contributed by atoms with Crippen molar-refractivity contribution in [1.82, 2.24) is 0 Å². The van der Waals surface area contributed by atoms with Gasteiger partial charge in [-0.3, -0.25) is 0 Å². The second-order valence-electron chi connectivity index (χ2n) is 5.79. The van der Waals surface area contributed by atoms with Gasteiger partial charge in [0.15, 0.2) is 0 Å². The van der Waals surface area contributed by atoms with Gasteiger partial charge in [0, 0.05) is 5.56 Å². The first kappa shape index (κ1) is 14.2. The molecule has 0 radical (unpaired) electrons. The number of aliphatic hydroxyl groups is 1. The minimum Gasteiger partial charge on any atom is -0.490 e. The Hall–Kier alpha value is -1.80. The van der Waals surface area contributed by atoms with E-state index in [1.54, 1.807) is 0 Å². The lowest BCUT2D eigenvalue weighted by molar-refractivity contribution is 0.0596. The highest BCUT2D eigenvalue weighted by molar-refractivity contribution is 5.70. The molecule has 0 heterocycles. The summed E-state index contributed by atoms with van der Waals surface area (Å²) >= 11 is 0. The average molecular weight is 282 g/mol. The predicted molar refractivity (Wildman–Crippen MR) is 85.3 cm³/mol. The minimum atomic E-state index is -0.351. The lowest BCUT2D eigenvalue weighted by atomic mass is 10.0. The molecule has 0 aromatic heterocycles. The third-order valence-corrected chi connectivity index (χ3v) is 4.33. The zero-order valence-corrected chi connectivity index (χ0v) is 12.2. The van der Waals surface area contributed by atoms with Crippen LogP contribution in [-0.2, 0) is 0 Å². The first-order chi connectivity index (χ1) is 10.3. The second kappa shape index (κ2) is 6.77. The molecular weight excluding hydrogens is 260 g/mol. The van der Waals surface area contributed by atoms with Crippen LogP contribution in [0.3, 0.4) is 0 Å². The van der Waals surface area contributed by atoms with Crippen LogP contribution in [-0.4, -0.2) is 17.8 Å². The molecule has 1 aliphatic rings. The molecule has 0 saturated heterocycles. The SMILES string of the molecule is OC(COc1ccccc1-c1ccccc1)C1CCCC1. The average Bonchev–Trinajstić information content (AvgIpc) is 3.08. The van der Waals surface area contributed by atoms with Gasteiger partial charge in [0.05, 0.1) is 6.10 Å². The number of hydrogen-bond donors (Lipinski definition) is 1. The van der Waals surface area contributed by atoms with Gasteiger partial charge in [0.2, 0.25) is 0 Å². The molecule has 1 aliphatic carbocycles. The van der Waals surface area contributed by atoms with E-state index in [2.05, 4.69) is 18.2 Å². The Morgan fingerprint density at radius 1 is 0.952 bits per heavy atom. The monoisotopic (exact) mass is 282 g/mol. The third-order valence-electron chi connectivity index (χ3n) is 4.33. The summed E-state index contributed by atoms with van der Waals surface area (Å²) in [7, 11) is 0. The molecule has 1 saturated carbocycles. The molecule has 2 heteroatoms. The molecule has 0 spiro atoms. The zero-order chi connectivity index (χ0) is 14.5. The van der Waals surface area contributed by atoms with Crippen LogP contribution in [0.25, 0.3) is 11.1 Å². The van der Waals surface area contributed by atoms with E-state index in [1.165, 1.54) is 12.8 Å². The van der Waals surface area contributed by atoms with Crippen LogP contribution in [0.5, 0.6) is 5.75 Å². The third kappa shape index (κ3) is 3.45. The van der Waals surface area contributed by atoms with Crippen molar-refractivity contribution in [2.45, 2.75) is 31.8 Å². The Kier molecular flexibility index (Phi) is 4.56. The Balaban J connectivity index is 1.71. The predicted octanol–water partition coefficient (Wildman–Crippen LogP) is 4.28. The molecular formula is C19H22O2. The first-order valence-electron chi connectivity index (χ1n) is 7.80. The molecule has 110 valence electrons. The van der Waals surface area contributed by atoms with E-state index >= 15 is 0 Å². The fourth-order valence-electron chi connectivity index (χ4n) is 3.10. The maximum Gasteiger partial charge on any atom is 0.127 e. The van der Waals surface area contributed by atoms with E-state index in [0.29, 0.717) is 12.5 Å². The summed E-state index contributed by atoms with van der Waals surface area (Å²) in [6.07, 6.45) is 4.39. The molecule has 2 nitrogen and oxygen atoms in total. The van der Waals surface area contributed by atoms with Gasteiger partial charge < -0.3 is 9.84 Å². The van der Waals surface area contributed by atoms with Crippen LogP contribution in [0, 0.1) is 5.92 Å². The van der Waals surface area contributed by atoms with Gasteiger partial charge in [0.25, 0.3) is 0 Å². The van der Waals surface area contributed by atoms with E-state index in [9.17, 15) is 5.11 Å². The van der Waals surface area contributed by atoms with Gasteiger partial charge in [-0.15, -0.1) is 0 Å². The molecule has 1 N–H and O–H groups in total. The molecule has 1 unspecified atom stereocenters. The fourth-order valence-corrected chi connectivity index (χ4v) is 3.10. The molecule has 0 bridgehead atoms. The van der Waals surface area contributed by atoms with Crippen molar-refractivity contribution in [3.8, 4) is 16.9 Å². The number of para-hydroxylation sites is 1. The zero-order valence-electron chi connectivity index (χ0n) is 12.2. The second-order valence-corrected chi connectivity index (χ2v) is 5.79. The maximum atomic E-state index is 10.2. The summed E-state index contributed by atoms with van der Waals surface area (Å²) < 4.78 is 5.92. The summed E-state index contributed by atoms with van der Waals surface area (Å²) in [6, 6.07) is 18.3. The molecule has 1 fully saturated rings. The molecule has 2 aromatic rings. The van der Waals surface area contributed by atoms with Crippen LogP contribution in [0.15, 0.2) is 54.6 Å². The Morgan fingerprint density at radius 3 is 2.38 bits per heavy atom. The molecule has 2 aromatic carbocycles. The van der Waals surface area contributed by atoms with E-state index in [-0.39, 0.29) is 6.10 Å². The summed E-state index contributed by atoms with van der Waals surface area (Å²) in [5.74, 6) is 1.26. The highest BCUT2D eigenvalue weighted by Gasteiger charge is 2.23. The van der Waals surface area contributed by atoms with E-state index in [0.717, 1.165) is 29.7 Å². The van der Waals surface area contributed by atoms with Gasteiger partial charge >= 0.3 is 0 Å². The number of rotatable bonds is 5. The van der Waals surface area contributed by atoms with Crippen molar-refractivity contribution in [2.24, 2.45) is 5.92 Å². The van der Waals surface area contributed by atoms with E-state index < -0.39 is 0 Å². The number of benzene rings is 2. The standard InChI is InChI=1S/C19H22O2/c20-18(16-10-4-5-11-16)14-21-19-13-7-6-12-17(19)15-8-2-1-3-9-15/h1-3,6-9,12-13,16,18,20H,4-5,10-11,14H2. The molecule has 1 atom stereocenters. The van der Waals surface area contributed by atoms with Crippen LogP contribution < -0.4 is 4.74 Å². The molecule has 3 rings (SSSR count). The lowest BCUT2D eigenvalue weighted by Gasteiger charge is -2.19. The molecule has 0 aliphatic heterocycles. The number of aliphatic hydroxyl groups excluding tert-OH is 1. The highest BCUT2D eigenvalue weighted by atomic mass is 16.5. The summed E-state index contributed by atoms with van der Waals surface area (Å²) in [6.45, 7) is 0.383. The fraction of sp³-hybridized carbons (Fsp3) is 0.368. The Bertz CT molecular complexity index is 559. The Labute approximate surface area is 126 Å². The van der Waals surface area contributed by atoms with Crippen molar-refractivity contribution in [3.63, 3.8) is 0 Å². The topological polar surface area (TPSA) is 29.5 Å². The van der Waals surface area contributed by atoms with Crippen LogP contribution >= 0.6 is 0 Å². The summed E-state index contributed by atoms with van der Waals surface area (Å²) in [5.41, 5.74) is 2.22. The van der Waals surface area contributed by atoms with Crippen molar-refractivity contribution in [2.75, 3.05) is 6.61 Å². The first-order valence-corrected chi connectivity index (χ1v) is 7.80. The quantitative estimate of drug-likeness (QED) is 0.886. The minimum absolute atomic E-state index is 0.351. The normalized spacial score (nSPS) is 16.8. The van der Waals surface area contributed by atoms with Gasteiger partial charge in [0.1, 0.15) is 12.4 Å². The van der Waals surface area contributed by atoms with Gasteiger partial charge in [-0.25, -0.2) is 0 Å². The largest absolute Gasteiger partial charge is 0.490 e. The molecule has 21 heavy (non-hydrogen) atoms. The lowest BCUT2D eigenvalue weighted by Crippen LogP contribution is -2.25. The van der Waals surface area contributed by atoms with Crippen molar-refractivity contribution in [1.29, 1.82) is 0 Å². The smallest absolute Gasteiger partial charge is 0.127 e.